The Balaban J connectivity index is 2.17. The van der Waals surface area contributed by atoms with E-state index in [1.54, 1.807) is 6.07 Å². The lowest BCUT2D eigenvalue weighted by Gasteiger charge is -2.26. The van der Waals surface area contributed by atoms with Gasteiger partial charge in [0.25, 0.3) is 11.6 Å². The fraction of sp³-hybridized carbons (Fsp3) is 0.364. The summed E-state index contributed by atoms with van der Waals surface area (Å²) in [6, 6.07) is 4.61. The minimum absolute atomic E-state index is 0.0914. The number of benzene rings is 1. The van der Waals surface area contributed by atoms with Gasteiger partial charge in [-0.25, -0.2) is 0 Å². The van der Waals surface area contributed by atoms with Crippen molar-refractivity contribution in [2.24, 2.45) is 0 Å². The zero-order valence-electron chi connectivity index (χ0n) is 8.98. The van der Waals surface area contributed by atoms with E-state index >= 15 is 0 Å². The standard InChI is InChI=1S/C11H11BrN2O3/c12-9-5-4-7(6-10(9)14(16)17)11(15)13-8-2-1-3-8/h4-6,8H,1-3H2,(H,13,15). The predicted molar refractivity (Wildman–Crippen MR) is 65.9 cm³/mol. The SMILES string of the molecule is O=C(NC1CCC1)c1ccc(Br)c([N+](=O)[O-])c1. The number of amides is 1. The molecule has 0 saturated heterocycles. The van der Waals surface area contributed by atoms with Gasteiger partial charge in [0, 0.05) is 17.7 Å². The van der Waals surface area contributed by atoms with Gasteiger partial charge in [0.2, 0.25) is 0 Å². The minimum Gasteiger partial charge on any atom is -0.349 e. The summed E-state index contributed by atoms with van der Waals surface area (Å²) in [4.78, 5) is 22.0. The quantitative estimate of drug-likeness (QED) is 0.689. The van der Waals surface area contributed by atoms with Gasteiger partial charge in [-0.1, -0.05) is 0 Å². The van der Waals surface area contributed by atoms with E-state index < -0.39 is 4.92 Å². The van der Waals surface area contributed by atoms with Crippen LogP contribution in [0.3, 0.4) is 0 Å². The lowest BCUT2D eigenvalue weighted by Crippen LogP contribution is -2.39. The zero-order chi connectivity index (χ0) is 12.4. The van der Waals surface area contributed by atoms with E-state index in [2.05, 4.69) is 21.2 Å². The van der Waals surface area contributed by atoms with Gasteiger partial charge in [-0.15, -0.1) is 0 Å². The molecule has 1 fully saturated rings. The maximum atomic E-state index is 11.8. The molecule has 90 valence electrons. The van der Waals surface area contributed by atoms with Crippen LogP contribution in [0.4, 0.5) is 5.69 Å². The molecule has 2 rings (SSSR count). The van der Waals surface area contributed by atoms with Crippen LogP contribution < -0.4 is 5.32 Å². The third-order valence-corrected chi connectivity index (χ3v) is 3.52. The molecule has 1 amide bonds. The topological polar surface area (TPSA) is 72.2 Å². The molecule has 17 heavy (non-hydrogen) atoms. The summed E-state index contributed by atoms with van der Waals surface area (Å²) in [5.74, 6) is -0.245. The first-order chi connectivity index (χ1) is 8.08. The largest absolute Gasteiger partial charge is 0.349 e. The number of halogens is 1. The van der Waals surface area contributed by atoms with Crippen molar-refractivity contribution in [3.8, 4) is 0 Å². The molecule has 6 heteroatoms. The Kier molecular flexibility index (Phi) is 3.42. The first-order valence-electron chi connectivity index (χ1n) is 5.33. The second kappa shape index (κ2) is 4.83. The first-order valence-corrected chi connectivity index (χ1v) is 6.12. The number of hydrogen-bond acceptors (Lipinski definition) is 3. The molecule has 5 nitrogen and oxygen atoms in total. The Labute approximate surface area is 106 Å². The van der Waals surface area contributed by atoms with Crippen molar-refractivity contribution in [1.29, 1.82) is 0 Å². The highest BCUT2D eigenvalue weighted by Crippen LogP contribution is 2.26. The molecular weight excluding hydrogens is 288 g/mol. The van der Waals surface area contributed by atoms with Crippen LogP contribution in [0.25, 0.3) is 0 Å². The summed E-state index contributed by atoms with van der Waals surface area (Å²) in [6.45, 7) is 0. The van der Waals surface area contributed by atoms with E-state index in [1.807, 2.05) is 0 Å². The molecule has 1 N–H and O–H groups in total. The van der Waals surface area contributed by atoms with Gasteiger partial charge in [0.15, 0.2) is 0 Å². The molecule has 0 aromatic heterocycles. The van der Waals surface area contributed by atoms with Gasteiger partial charge < -0.3 is 5.32 Å². The second-order valence-corrected chi connectivity index (χ2v) is 4.88. The smallest absolute Gasteiger partial charge is 0.284 e. The Hall–Kier alpha value is -1.43. The van der Waals surface area contributed by atoms with Gasteiger partial charge in [0.05, 0.1) is 9.40 Å². The molecule has 0 aliphatic heterocycles. The number of carbonyl (C=O) groups excluding carboxylic acids is 1. The highest BCUT2D eigenvalue weighted by Gasteiger charge is 2.21. The lowest BCUT2D eigenvalue weighted by atomic mass is 9.93. The summed E-state index contributed by atoms with van der Waals surface area (Å²) in [6.07, 6.45) is 3.11. The van der Waals surface area contributed by atoms with E-state index in [0.29, 0.717) is 10.0 Å². The van der Waals surface area contributed by atoms with Crippen molar-refractivity contribution < 1.29 is 9.72 Å². The molecular formula is C11H11BrN2O3. The molecule has 1 aromatic rings. The summed E-state index contributed by atoms with van der Waals surface area (Å²) in [5.41, 5.74) is 0.234. The van der Waals surface area contributed by atoms with E-state index in [9.17, 15) is 14.9 Å². The lowest BCUT2D eigenvalue weighted by molar-refractivity contribution is -0.385. The minimum atomic E-state index is -0.510. The molecule has 0 bridgehead atoms. The van der Waals surface area contributed by atoms with E-state index in [4.69, 9.17) is 0 Å². The zero-order valence-corrected chi connectivity index (χ0v) is 10.6. The van der Waals surface area contributed by atoms with Crippen molar-refractivity contribution in [3.05, 3.63) is 38.3 Å². The van der Waals surface area contributed by atoms with Crippen LogP contribution in [0.1, 0.15) is 29.6 Å². The summed E-state index contributed by atoms with van der Waals surface area (Å²) in [5, 5.41) is 13.6. The molecule has 0 atom stereocenters. The average Bonchev–Trinajstić information content (AvgIpc) is 2.23. The van der Waals surface area contributed by atoms with Gasteiger partial charge in [0.1, 0.15) is 0 Å². The van der Waals surface area contributed by atoms with Crippen LogP contribution in [0.5, 0.6) is 0 Å². The molecule has 1 aliphatic carbocycles. The van der Waals surface area contributed by atoms with Gasteiger partial charge in [-0.05, 0) is 47.3 Å². The number of nitrogens with zero attached hydrogens (tertiary/aromatic N) is 1. The Morgan fingerprint density at radius 1 is 1.47 bits per heavy atom. The van der Waals surface area contributed by atoms with Crippen LogP contribution in [-0.2, 0) is 0 Å². The monoisotopic (exact) mass is 298 g/mol. The summed E-state index contributed by atoms with van der Waals surface area (Å²) in [7, 11) is 0. The van der Waals surface area contributed by atoms with E-state index in [0.717, 1.165) is 19.3 Å². The Bertz CT molecular complexity index is 472. The van der Waals surface area contributed by atoms with Crippen LogP contribution >= 0.6 is 15.9 Å². The molecule has 0 unspecified atom stereocenters. The number of nitro benzene ring substituents is 1. The summed E-state index contributed by atoms with van der Waals surface area (Å²) >= 11 is 3.08. The molecule has 0 heterocycles. The number of nitrogens with one attached hydrogen (secondary N) is 1. The second-order valence-electron chi connectivity index (χ2n) is 4.02. The fourth-order valence-electron chi connectivity index (χ4n) is 1.62. The predicted octanol–water partition coefficient (Wildman–Crippen LogP) is 2.64. The Morgan fingerprint density at radius 3 is 2.71 bits per heavy atom. The van der Waals surface area contributed by atoms with E-state index in [-0.39, 0.29) is 17.6 Å². The van der Waals surface area contributed by atoms with E-state index in [1.165, 1.54) is 12.1 Å². The molecule has 0 radical (unpaired) electrons. The third kappa shape index (κ3) is 2.63. The fourth-order valence-corrected chi connectivity index (χ4v) is 2.01. The number of rotatable bonds is 3. The normalized spacial score (nSPS) is 15.1. The first kappa shape index (κ1) is 12.0. The number of nitro groups is 1. The summed E-state index contributed by atoms with van der Waals surface area (Å²) < 4.78 is 0.377. The Morgan fingerprint density at radius 2 is 2.18 bits per heavy atom. The van der Waals surface area contributed by atoms with Crippen molar-refractivity contribution in [3.63, 3.8) is 0 Å². The third-order valence-electron chi connectivity index (χ3n) is 2.85. The van der Waals surface area contributed by atoms with Crippen LogP contribution in [0.2, 0.25) is 0 Å². The van der Waals surface area contributed by atoms with Crippen molar-refractivity contribution in [2.75, 3.05) is 0 Å². The van der Waals surface area contributed by atoms with Gasteiger partial charge in [-0.3, -0.25) is 14.9 Å². The number of carbonyl (C=O) groups is 1. The van der Waals surface area contributed by atoms with Crippen molar-refractivity contribution in [1.82, 2.24) is 5.32 Å². The van der Waals surface area contributed by atoms with Crippen LogP contribution in [0.15, 0.2) is 22.7 Å². The van der Waals surface area contributed by atoms with Crippen molar-refractivity contribution >= 4 is 27.5 Å². The highest BCUT2D eigenvalue weighted by molar-refractivity contribution is 9.10. The van der Waals surface area contributed by atoms with Crippen molar-refractivity contribution in [2.45, 2.75) is 25.3 Å². The van der Waals surface area contributed by atoms with Crippen LogP contribution in [-0.4, -0.2) is 16.9 Å². The highest BCUT2D eigenvalue weighted by atomic mass is 79.9. The van der Waals surface area contributed by atoms with Gasteiger partial charge in [-0.2, -0.15) is 0 Å². The average molecular weight is 299 g/mol. The maximum absolute atomic E-state index is 11.8. The maximum Gasteiger partial charge on any atom is 0.284 e. The molecule has 1 aromatic carbocycles. The number of hydrogen-bond donors (Lipinski definition) is 1. The molecule has 1 aliphatic rings. The van der Waals surface area contributed by atoms with Gasteiger partial charge >= 0.3 is 0 Å². The van der Waals surface area contributed by atoms with Crippen LogP contribution in [0, 0.1) is 10.1 Å². The molecule has 0 spiro atoms. The molecule has 1 saturated carbocycles.